The van der Waals surface area contributed by atoms with Gasteiger partial charge in [0.15, 0.2) is 0 Å². The van der Waals surface area contributed by atoms with E-state index in [0.29, 0.717) is 37.4 Å². The van der Waals surface area contributed by atoms with Crippen molar-refractivity contribution in [3.05, 3.63) is 54.1 Å². The second-order valence-corrected chi connectivity index (χ2v) is 8.72. The van der Waals surface area contributed by atoms with Gasteiger partial charge in [0.25, 0.3) is 0 Å². The molecule has 0 aliphatic carbocycles. The Bertz CT molecular complexity index is 873. The average molecular weight is 441 g/mol. The molecule has 3 rings (SSSR count). The molecule has 0 radical (unpaired) electrons. The van der Waals surface area contributed by atoms with Gasteiger partial charge in [0.1, 0.15) is 23.2 Å². The number of aliphatic hydroxyl groups is 1. The Morgan fingerprint density at radius 3 is 2.72 bits per heavy atom. The van der Waals surface area contributed by atoms with E-state index in [1.54, 1.807) is 7.11 Å². The molecule has 0 bridgehead atoms. The molecular weight excluding hydrogens is 404 g/mol. The molecule has 0 saturated carbocycles. The van der Waals surface area contributed by atoms with E-state index in [1.807, 2.05) is 55.5 Å². The summed E-state index contributed by atoms with van der Waals surface area (Å²) in [6.45, 7) is 5.51. The van der Waals surface area contributed by atoms with Crippen molar-refractivity contribution in [1.82, 2.24) is 4.90 Å². The maximum absolute atomic E-state index is 12.8. The van der Waals surface area contributed by atoms with E-state index < -0.39 is 11.7 Å². The highest BCUT2D eigenvalue weighted by Crippen LogP contribution is 2.32. The van der Waals surface area contributed by atoms with Gasteiger partial charge in [0.2, 0.25) is 5.91 Å². The molecule has 6 nitrogen and oxygen atoms in total. The Labute approximate surface area is 191 Å². The summed E-state index contributed by atoms with van der Waals surface area (Å²) < 4.78 is 11.6. The fourth-order valence-electron chi connectivity index (χ4n) is 4.24. The van der Waals surface area contributed by atoms with Gasteiger partial charge in [-0.3, -0.25) is 9.69 Å². The van der Waals surface area contributed by atoms with Crippen molar-refractivity contribution in [3.63, 3.8) is 0 Å². The number of nitrogens with one attached hydrogen (secondary N) is 1. The SMILES string of the molecule is CCCCC[C@]1(O)CCN(CC(=O)Nc2cc(C)ccc2OC)C[C@@H]1Oc1ccccc1. The summed E-state index contributed by atoms with van der Waals surface area (Å²) in [7, 11) is 1.59. The highest BCUT2D eigenvalue weighted by atomic mass is 16.5. The third-order valence-electron chi connectivity index (χ3n) is 6.12. The zero-order valence-corrected chi connectivity index (χ0v) is 19.5. The van der Waals surface area contributed by atoms with Gasteiger partial charge in [0, 0.05) is 13.1 Å². The fourth-order valence-corrected chi connectivity index (χ4v) is 4.24. The number of unbranched alkanes of at least 4 members (excludes halogenated alkanes) is 2. The number of benzene rings is 2. The summed E-state index contributed by atoms with van der Waals surface area (Å²) in [5, 5.41) is 14.4. The van der Waals surface area contributed by atoms with E-state index in [1.165, 1.54) is 0 Å². The Morgan fingerprint density at radius 2 is 2.00 bits per heavy atom. The number of ether oxygens (including phenoxy) is 2. The number of piperidine rings is 1. The first-order valence-corrected chi connectivity index (χ1v) is 11.5. The highest BCUT2D eigenvalue weighted by Gasteiger charge is 2.43. The molecule has 6 heteroatoms. The van der Waals surface area contributed by atoms with Gasteiger partial charge in [-0.1, -0.05) is 50.5 Å². The summed E-state index contributed by atoms with van der Waals surface area (Å²) in [5.74, 6) is 1.27. The minimum Gasteiger partial charge on any atom is -0.495 e. The van der Waals surface area contributed by atoms with Crippen LogP contribution in [0.25, 0.3) is 0 Å². The van der Waals surface area contributed by atoms with E-state index in [2.05, 4.69) is 17.1 Å². The molecule has 1 aliphatic rings. The van der Waals surface area contributed by atoms with Gasteiger partial charge in [0.05, 0.1) is 19.3 Å². The molecule has 0 aromatic heterocycles. The van der Waals surface area contributed by atoms with E-state index >= 15 is 0 Å². The molecule has 1 saturated heterocycles. The summed E-state index contributed by atoms with van der Waals surface area (Å²) >= 11 is 0. The lowest BCUT2D eigenvalue weighted by Crippen LogP contribution is -2.58. The van der Waals surface area contributed by atoms with Crippen LogP contribution in [0.4, 0.5) is 5.69 Å². The number of methoxy groups -OCH3 is 1. The molecule has 1 amide bonds. The van der Waals surface area contributed by atoms with Gasteiger partial charge >= 0.3 is 0 Å². The Kier molecular flexibility index (Phi) is 8.53. The summed E-state index contributed by atoms with van der Waals surface area (Å²) in [6.07, 6.45) is 4.06. The number of anilines is 1. The molecule has 2 aromatic carbocycles. The van der Waals surface area contributed by atoms with Crippen LogP contribution in [0, 0.1) is 6.92 Å². The van der Waals surface area contributed by atoms with Crippen molar-refractivity contribution in [1.29, 1.82) is 0 Å². The maximum atomic E-state index is 12.8. The van der Waals surface area contributed by atoms with Gasteiger partial charge < -0.3 is 19.9 Å². The fraction of sp³-hybridized carbons (Fsp3) is 0.500. The number of hydrogen-bond donors (Lipinski definition) is 2. The van der Waals surface area contributed by atoms with Crippen LogP contribution in [0.3, 0.4) is 0 Å². The van der Waals surface area contributed by atoms with E-state index in [0.717, 1.165) is 30.6 Å². The number of amides is 1. The lowest BCUT2D eigenvalue weighted by atomic mass is 9.83. The average Bonchev–Trinajstić information content (AvgIpc) is 2.77. The molecule has 2 aromatic rings. The van der Waals surface area contributed by atoms with Crippen molar-refractivity contribution in [2.24, 2.45) is 0 Å². The number of nitrogens with zero attached hydrogens (tertiary/aromatic N) is 1. The van der Waals surface area contributed by atoms with Crippen LogP contribution in [-0.4, -0.2) is 54.4 Å². The molecule has 1 aliphatic heterocycles. The first kappa shape index (κ1) is 24.1. The van der Waals surface area contributed by atoms with Crippen LogP contribution < -0.4 is 14.8 Å². The second kappa shape index (κ2) is 11.3. The number of rotatable bonds is 10. The normalized spacial score (nSPS) is 21.2. The Morgan fingerprint density at radius 1 is 1.22 bits per heavy atom. The van der Waals surface area contributed by atoms with E-state index in [9.17, 15) is 9.90 Å². The molecule has 0 unspecified atom stereocenters. The Balaban J connectivity index is 1.66. The first-order valence-electron chi connectivity index (χ1n) is 11.5. The predicted octanol–water partition coefficient (Wildman–Crippen LogP) is 4.41. The lowest BCUT2D eigenvalue weighted by Gasteiger charge is -2.44. The van der Waals surface area contributed by atoms with E-state index in [-0.39, 0.29) is 12.5 Å². The van der Waals surface area contributed by atoms with Crippen LogP contribution >= 0.6 is 0 Å². The van der Waals surface area contributed by atoms with Crippen LogP contribution in [0.1, 0.15) is 44.6 Å². The minimum atomic E-state index is -0.891. The molecule has 1 fully saturated rings. The van der Waals surface area contributed by atoms with E-state index in [4.69, 9.17) is 9.47 Å². The second-order valence-electron chi connectivity index (χ2n) is 8.72. The van der Waals surface area contributed by atoms with Crippen molar-refractivity contribution < 1.29 is 19.4 Å². The lowest BCUT2D eigenvalue weighted by molar-refractivity contribution is -0.127. The standard InChI is InChI=1S/C26H36N2O4/c1-4-5-9-14-26(30)15-16-28(18-24(26)32-21-10-7-6-8-11-21)19-25(29)27-22-17-20(2)12-13-23(22)31-3/h6-8,10-13,17,24,30H,4-5,9,14-16,18-19H2,1-3H3,(H,27,29)/t24-,26-/m0/s1. The first-order chi connectivity index (χ1) is 15.4. The molecule has 0 spiro atoms. The summed E-state index contributed by atoms with van der Waals surface area (Å²) in [4.78, 5) is 14.8. The van der Waals surface area contributed by atoms with Gasteiger partial charge in [-0.25, -0.2) is 0 Å². The topological polar surface area (TPSA) is 71.0 Å². The predicted molar refractivity (Wildman–Crippen MR) is 127 cm³/mol. The number of carbonyl (C=O) groups excluding carboxylic acids is 1. The number of likely N-dealkylation sites (tertiary alicyclic amines) is 1. The highest BCUT2D eigenvalue weighted by molar-refractivity contribution is 5.93. The van der Waals surface area contributed by atoms with Gasteiger partial charge in [-0.15, -0.1) is 0 Å². The molecule has 174 valence electrons. The third-order valence-corrected chi connectivity index (χ3v) is 6.12. The van der Waals surface area contributed by atoms with Crippen LogP contribution in [0.5, 0.6) is 11.5 Å². The summed E-state index contributed by atoms with van der Waals surface area (Å²) in [5.41, 5.74) is 0.827. The smallest absolute Gasteiger partial charge is 0.238 e. The molecule has 2 atom stereocenters. The van der Waals surface area contributed by atoms with Crippen molar-refractivity contribution in [2.75, 3.05) is 32.1 Å². The monoisotopic (exact) mass is 440 g/mol. The quantitative estimate of drug-likeness (QED) is 0.536. The van der Waals surface area contributed by atoms with Crippen LogP contribution in [-0.2, 0) is 4.79 Å². The number of aryl methyl sites for hydroxylation is 1. The number of carbonyl (C=O) groups is 1. The maximum Gasteiger partial charge on any atom is 0.238 e. The number of para-hydroxylation sites is 1. The molecular formula is C26H36N2O4. The zero-order chi connectivity index (χ0) is 23.0. The van der Waals surface area contributed by atoms with Crippen LogP contribution in [0.2, 0.25) is 0 Å². The number of hydrogen-bond acceptors (Lipinski definition) is 5. The van der Waals surface area contributed by atoms with Crippen molar-refractivity contribution >= 4 is 11.6 Å². The zero-order valence-electron chi connectivity index (χ0n) is 19.5. The molecule has 2 N–H and O–H groups in total. The van der Waals surface area contributed by atoms with Crippen molar-refractivity contribution in [3.8, 4) is 11.5 Å². The van der Waals surface area contributed by atoms with Gasteiger partial charge in [-0.05, 0) is 49.6 Å². The van der Waals surface area contributed by atoms with Gasteiger partial charge in [-0.2, -0.15) is 0 Å². The largest absolute Gasteiger partial charge is 0.495 e. The Hall–Kier alpha value is -2.57. The molecule has 1 heterocycles. The van der Waals surface area contributed by atoms with Crippen molar-refractivity contribution in [2.45, 2.75) is 57.7 Å². The van der Waals surface area contributed by atoms with Crippen LogP contribution in [0.15, 0.2) is 48.5 Å². The third kappa shape index (κ3) is 6.47. The summed E-state index contributed by atoms with van der Waals surface area (Å²) in [6, 6.07) is 15.3. The minimum absolute atomic E-state index is 0.108. The molecule has 32 heavy (non-hydrogen) atoms.